The van der Waals surface area contributed by atoms with E-state index < -0.39 is 0 Å². The molecule has 2 heterocycles. The normalized spacial score (nSPS) is 15.2. The molecule has 2 amide bonds. The van der Waals surface area contributed by atoms with Crippen molar-refractivity contribution in [2.45, 2.75) is 32.1 Å². The number of rotatable bonds is 4. The zero-order valence-electron chi connectivity index (χ0n) is 14.7. The Morgan fingerprint density at radius 3 is 2.80 bits per heavy atom. The van der Waals surface area contributed by atoms with Crippen LogP contribution in [0, 0.1) is 0 Å². The van der Waals surface area contributed by atoms with Crippen LogP contribution in [0.15, 0.2) is 36.5 Å². The van der Waals surface area contributed by atoms with Gasteiger partial charge in [-0.05, 0) is 43.9 Å². The molecule has 132 valence electrons. The average Bonchev–Trinajstić information content (AvgIpc) is 2.93. The van der Waals surface area contributed by atoms with E-state index in [0.29, 0.717) is 6.54 Å². The van der Waals surface area contributed by atoms with Crippen molar-refractivity contribution in [1.29, 1.82) is 0 Å². The molecule has 1 aliphatic heterocycles. The SMILES string of the molecule is CC(C(=O)NCC(=O)N1CCCCc2ccccc21)c1ccnn1C. The molecule has 0 spiro atoms. The van der Waals surface area contributed by atoms with Crippen molar-refractivity contribution in [3.8, 4) is 0 Å². The maximum atomic E-state index is 12.7. The van der Waals surface area contributed by atoms with Crippen LogP contribution in [0.5, 0.6) is 0 Å². The summed E-state index contributed by atoms with van der Waals surface area (Å²) in [6.45, 7) is 2.52. The molecule has 6 heteroatoms. The van der Waals surface area contributed by atoms with Gasteiger partial charge in [0.25, 0.3) is 0 Å². The molecule has 1 unspecified atom stereocenters. The number of para-hydroxylation sites is 1. The van der Waals surface area contributed by atoms with Gasteiger partial charge < -0.3 is 10.2 Å². The van der Waals surface area contributed by atoms with Gasteiger partial charge in [-0.25, -0.2) is 0 Å². The molecule has 0 radical (unpaired) electrons. The van der Waals surface area contributed by atoms with E-state index in [2.05, 4.69) is 16.5 Å². The Morgan fingerprint density at radius 2 is 2.04 bits per heavy atom. The first kappa shape index (κ1) is 17.2. The summed E-state index contributed by atoms with van der Waals surface area (Å²) in [7, 11) is 1.80. The van der Waals surface area contributed by atoms with Gasteiger partial charge in [0.2, 0.25) is 11.8 Å². The van der Waals surface area contributed by atoms with Crippen LogP contribution in [0.3, 0.4) is 0 Å². The molecule has 0 bridgehead atoms. The first-order chi connectivity index (χ1) is 12.1. The molecule has 1 aromatic heterocycles. The summed E-state index contributed by atoms with van der Waals surface area (Å²) >= 11 is 0. The molecule has 1 aromatic carbocycles. The van der Waals surface area contributed by atoms with E-state index in [1.807, 2.05) is 31.2 Å². The van der Waals surface area contributed by atoms with Crippen LogP contribution in [-0.4, -0.2) is 34.7 Å². The molecular weight excluding hydrogens is 316 g/mol. The van der Waals surface area contributed by atoms with E-state index in [-0.39, 0.29) is 24.3 Å². The summed E-state index contributed by atoms with van der Waals surface area (Å²) in [5.74, 6) is -0.586. The van der Waals surface area contributed by atoms with Crippen LogP contribution in [0.1, 0.15) is 36.9 Å². The number of carbonyl (C=O) groups is 2. The van der Waals surface area contributed by atoms with Gasteiger partial charge in [0.05, 0.1) is 18.2 Å². The Kier molecular flexibility index (Phi) is 5.16. The highest BCUT2D eigenvalue weighted by atomic mass is 16.2. The highest BCUT2D eigenvalue weighted by Crippen LogP contribution is 2.26. The number of hydrogen-bond acceptors (Lipinski definition) is 3. The lowest BCUT2D eigenvalue weighted by Crippen LogP contribution is -2.42. The molecule has 1 atom stereocenters. The third-order valence-corrected chi connectivity index (χ3v) is 4.77. The molecule has 6 nitrogen and oxygen atoms in total. The second-order valence-corrected chi connectivity index (χ2v) is 6.45. The minimum Gasteiger partial charge on any atom is -0.346 e. The molecule has 0 fully saturated rings. The summed E-state index contributed by atoms with van der Waals surface area (Å²) in [5.41, 5.74) is 2.99. The topological polar surface area (TPSA) is 67.2 Å². The predicted molar refractivity (Wildman–Crippen MR) is 96.4 cm³/mol. The highest BCUT2D eigenvalue weighted by Gasteiger charge is 2.23. The first-order valence-electron chi connectivity index (χ1n) is 8.72. The van der Waals surface area contributed by atoms with Crippen molar-refractivity contribution >= 4 is 17.5 Å². The number of aromatic nitrogens is 2. The van der Waals surface area contributed by atoms with Crippen molar-refractivity contribution in [1.82, 2.24) is 15.1 Å². The lowest BCUT2D eigenvalue weighted by atomic mass is 10.1. The van der Waals surface area contributed by atoms with E-state index >= 15 is 0 Å². The molecule has 0 saturated carbocycles. The Labute approximate surface area is 147 Å². The van der Waals surface area contributed by atoms with Gasteiger partial charge in [0.15, 0.2) is 0 Å². The minimum atomic E-state index is -0.350. The number of nitrogens with zero attached hydrogens (tertiary/aromatic N) is 3. The first-order valence-corrected chi connectivity index (χ1v) is 8.72. The lowest BCUT2D eigenvalue weighted by molar-refractivity contribution is -0.125. The maximum absolute atomic E-state index is 12.7. The van der Waals surface area contributed by atoms with E-state index in [4.69, 9.17) is 0 Å². The Hall–Kier alpha value is -2.63. The Balaban J connectivity index is 1.65. The maximum Gasteiger partial charge on any atom is 0.246 e. The second-order valence-electron chi connectivity index (χ2n) is 6.45. The van der Waals surface area contributed by atoms with Crippen molar-refractivity contribution in [3.63, 3.8) is 0 Å². The summed E-state index contributed by atoms with van der Waals surface area (Å²) in [5, 5.41) is 6.86. The van der Waals surface area contributed by atoms with Crippen LogP contribution < -0.4 is 10.2 Å². The fourth-order valence-corrected chi connectivity index (χ4v) is 3.30. The van der Waals surface area contributed by atoms with Crippen LogP contribution in [-0.2, 0) is 23.1 Å². The number of aryl methyl sites for hydroxylation is 2. The minimum absolute atomic E-state index is 0.00928. The van der Waals surface area contributed by atoms with Gasteiger partial charge in [-0.15, -0.1) is 0 Å². The third kappa shape index (κ3) is 3.73. The molecule has 0 aliphatic carbocycles. The molecule has 2 aromatic rings. The van der Waals surface area contributed by atoms with Crippen LogP contribution in [0.4, 0.5) is 5.69 Å². The molecule has 0 saturated heterocycles. The van der Waals surface area contributed by atoms with Gasteiger partial charge in [0, 0.05) is 25.5 Å². The van der Waals surface area contributed by atoms with Crippen molar-refractivity contribution in [2.24, 2.45) is 7.05 Å². The molecule has 1 aliphatic rings. The average molecular weight is 340 g/mol. The third-order valence-electron chi connectivity index (χ3n) is 4.77. The largest absolute Gasteiger partial charge is 0.346 e. The standard InChI is InChI=1S/C19H24N4O2/c1-14(16-10-11-21-22(16)2)19(25)20-13-18(24)23-12-6-5-8-15-7-3-4-9-17(15)23/h3-4,7,9-11,14H,5-6,8,12-13H2,1-2H3,(H,20,25). The van der Waals surface area contributed by atoms with Crippen molar-refractivity contribution < 1.29 is 9.59 Å². The second kappa shape index (κ2) is 7.51. The van der Waals surface area contributed by atoms with Crippen LogP contribution in [0.25, 0.3) is 0 Å². The summed E-state index contributed by atoms with van der Waals surface area (Å²) in [6, 6.07) is 9.83. The summed E-state index contributed by atoms with van der Waals surface area (Å²) in [4.78, 5) is 26.9. The van der Waals surface area contributed by atoms with E-state index in [9.17, 15) is 9.59 Å². The van der Waals surface area contributed by atoms with Gasteiger partial charge >= 0.3 is 0 Å². The van der Waals surface area contributed by atoms with Gasteiger partial charge in [-0.3, -0.25) is 14.3 Å². The number of hydrogen-bond donors (Lipinski definition) is 1. The zero-order chi connectivity index (χ0) is 17.8. The molecule has 1 N–H and O–H groups in total. The van der Waals surface area contributed by atoms with Crippen molar-refractivity contribution in [3.05, 3.63) is 47.8 Å². The fraction of sp³-hybridized carbons (Fsp3) is 0.421. The fourth-order valence-electron chi connectivity index (χ4n) is 3.30. The molecule has 25 heavy (non-hydrogen) atoms. The summed E-state index contributed by atoms with van der Waals surface area (Å²) in [6.07, 6.45) is 4.70. The van der Waals surface area contributed by atoms with Crippen LogP contribution in [0.2, 0.25) is 0 Å². The Bertz CT molecular complexity index is 768. The number of amides is 2. The number of benzene rings is 1. The van der Waals surface area contributed by atoms with Gasteiger partial charge in [0.1, 0.15) is 0 Å². The van der Waals surface area contributed by atoms with Crippen molar-refractivity contribution in [2.75, 3.05) is 18.0 Å². The quantitative estimate of drug-likeness (QED) is 0.926. The Morgan fingerprint density at radius 1 is 1.24 bits per heavy atom. The van der Waals surface area contributed by atoms with Crippen LogP contribution >= 0.6 is 0 Å². The summed E-state index contributed by atoms with van der Waals surface area (Å²) < 4.78 is 1.68. The number of nitrogens with one attached hydrogen (secondary N) is 1. The monoisotopic (exact) mass is 340 g/mol. The van der Waals surface area contributed by atoms with Gasteiger partial charge in [-0.1, -0.05) is 18.2 Å². The number of fused-ring (bicyclic) bond motifs is 1. The molecular formula is C19H24N4O2. The number of carbonyl (C=O) groups excluding carboxylic acids is 2. The van der Waals surface area contributed by atoms with Gasteiger partial charge in [-0.2, -0.15) is 5.10 Å². The predicted octanol–water partition coefficient (Wildman–Crippen LogP) is 2.01. The number of anilines is 1. The smallest absolute Gasteiger partial charge is 0.246 e. The van der Waals surface area contributed by atoms with E-state index in [1.165, 1.54) is 5.56 Å². The van der Waals surface area contributed by atoms with E-state index in [0.717, 1.165) is 30.6 Å². The van der Waals surface area contributed by atoms with E-state index in [1.54, 1.807) is 22.8 Å². The lowest BCUT2D eigenvalue weighted by Gasteiger charge is -2.23. The molecule has 3 rings (SSSR count). The zero-order valence-corrected chi connectivity index (χ0v) is 14.7. The highest BCUT2D eigenvalue weighted by molar-refractivity contribution is 5.98.